The van der Waals surface area contributed by atoms with Crippen LogP contribution in [0.2, 0.25) is 0 Å². The Labute approximate surface area is 142 Å². The van der Waals surface area contributed by atoms with Crippen LogP contribution in [0.1, 0.15) is 71.4 Å². The minimum atomic E-state index is -3.42. The van der Waals surface area contributed by atoms with Gasteiger partial charge in [-0.1, -0.05) is 53.7 Å². The monoisotopic (exact) mass is 337 g/mol. The maximum absolute atomic E-state index is 13.2. The normalized spacial score (nSPS) is 20.9. The molecule has 1 heterocycles. The smallest absolute Gasteiger partial charge is 0.207 e. The first kappa shape index (κ1) is 18.5. The van der Waals surface area contributed by atoms with Gasteiger partial charge >= 0.3 is 0 Å². The highest BCUT2D eigenvalue weighted by atomic mass is 32.2. The number of benzene rings is 1. The van der Waals surface area contributed by atoms with Gasteiger partial charge in [0, 0.05) is 13.1 Å². The van der Waals surface area contributed by atoms with E-state index in [-0.39, 0.29) is 5.41 Å². The molecule has 1 aliphatic heterocycles. The van der Waals surface area contributed by atoms with E-state index in [9.17, 15) is 8.42 Å². The van der Waals surface area contributed by atoms with Crippen molar-refractivity contribution in [2.24, 2.45) is 5.92 Å². The summed E-state index contributed by atoms with van der Waals surface area (Å²) >= 11 is 0. The topological polar surface area (TPSA) is 37.4 Å². The molecule has 2 rings (SSSR count). The van der Waals surface area contributed by atoms with Crippen molar-refractivity contribution in [1.29, 1.82) is 0 Å². The lowest BCUT2D eigenvalue weighted by Gasteiger charge is -2.32. The molecular weight excluding hydrogens is 306 g/mol. The molecule has 0 N–H and O–H groups in total. The zero-order chi connectivity index (χ0) is 17.4. The second kappa shape index (κ2) is 6.56. The molecule has 1 aromatic carbocycles. The Morgan fingerprint density at radius 1 is 1.22 bits per heavy atom. The van der Waals surface area contributed by atoms with Crippen LogP contribution in [0.15, 0.2) is 23.1 Å². The molecule has 1 aliphatic rings. The Morgan fingerprint density at radius 2 is 1.87 bits per heavy atom. The fraction of sp³-hybridized carbons (Fsp3) is 0.684. The fourth-order valence-corrected chi connectivity index (χ4v) is 5.20. The average molecular weight is 338 g/mol. The fourth-order valence-electron chi connectivity index (χ4n) is 3.22. The van der Waals surface area contributed by atoms with Crippen molar-refractivity contribution in [3.8, 4) is 0 Å². The summed E-state index contributed by atoms with van der Waals surface area (Å²) in [5.74, 6) is 0.828. The molecule has 0 saturated carbocycles. The summed E-state index contributed by atoms with van der Waals surface area (Å²) in [4.78, 5) is 0.489. The van der Waals surface area contributed by atoms with E-state index < -0.39 is 10.0 Å². The molecule has 1 fully saturated rings. The van der Waals surface area contributed by atoms with Crippen LogP contribution in [0.4, 0.5) is 0 Å². The number of sulfonamides is 1. The van der Waals surface area contributed by atoms with Gasteiger partial charge in [-0.15, -0.1) is 0 Å². The van der Waals surface area contributed by atoms with Gasteiger partial charge < -0.3 is 0 Å². The minimum Gasteiger partial charge on any atom is -0.207 e. The summed E-state index contributed by atoms with van der Waals surface area (Å²) < 4.78 is 28.1. The molecule has 0 amide bonds. The highest BCUT2D eigenvalue weighted by Gasteiger charge is 2.33. The molecular formula is C19H31NO2S. The predicted octanol–water partition coefficient (Wildman–Crippen LogP) is 4.53. The van der Waals surface area contributed by atoms with Crippen LogP contribution in [-0.4, -0.2) is 25.8 Å². The average Bonchev–Trinajstić information content (AvgIpc) is 2.45. The first-order valence-corrected chi connectivity index (χ1v) is 10.1. The van der Waals surface area contributed by atoms with Crippen LogP contribution < -0.4 is 0 Å². The number of hydrogen-bond donors (Lipinski definition) is 0. The summed E-state index contributed by atoms with van der Waals surface area (Å²) in [5, 5.41) is 0. The van der Waals surface area contributed by atoms with Crippen molar-refractivity contribution >= 4 is 10.0 Å². The highest BCUT2D eigenvalue weighted by Crippen LogP contribution is 2.34. The maximum Gasteiger partial charge on any atom is 0.243 e. The lowest BCUT2D eigenvalue weighted by atomic mass is 9.85. The highest BCUT2D eigenvalue weighted by molar-refractivity contribution is 7.89. The van der Waals surface area contributed by atoms with Gasteiger partial charge in [-0.3, -0.25) is 0 Å². The van der Waals surface area contributed by atoms with E-state index in [0.717, 1.165) is 18.4 Å². The van der Waals surface area contributed by atoms with Crippen molar-refractivity contribution in [1.82, 2.24) is 4.31 Å². The maximum atomic E-state index is 13.2. The Bertz CT molecular complexity index is 656. The van der Waals surface area contributed by atoms with Gasteiger partial charge in [0.05, 0.1) is 4.90 Å². The third-order valence-corrected chi connectivity index (χ3v) is 6.64. The standard InChI is InChI=1S/C19H31NO2S/c1-14(2)16-9-10-18(17(12-16)19(4,5)6)23(21,22)20-11-7-8-15(3)13-20/h9-10,12,14-15H,7-8,11,13H2,1-6H3. The Balaban J connectivity index is 2.53. The molecule has 3 nitrogen and oxygen atoms in total. The van der Waals surface area contributed by atoms with Crippen molar-refractivity contribution in [3.05, 3.63) is 29.3 Å². The van der Waals surface area contributed by atoms with Crippen LogP contribution in [0, 0.1) is 5.92 Å². The van der Waals surface area contributed by atoms with E-state index >= 15 is 0 Å². The Morgan fingerprint density at radius 3 is 2.39 bits per heavy atom. The van der Waals surface area contributed by atoms with Crippen molar-refractivity contribution < 1.29 is 8.42 Å². The molecule has 1 saturated heterocycles. The Hall–Kier alpha value is -0.870. The molecule has 0 radical (unpaired) electrons. The van der Waals surface area contributed by atoms with Crippen molar-refractivity contribution in [2.75, 3.05) is 13.1 Å². The predicted molar refractivity (Wildman–Crippen MR) is 96.4 cm³/mol. The first-order chi connectivity index (χ1) is 10.5. The molecule has 1 aromatic rings. The molecule has 4 heteroatoms. The van der Waals surface area contributed by atoms with E-state index in [0.29, 0.717) is 29.8 Å². The molecule has 130 valence electrons. The van der Waals surface area contributed by atoms with Crippen LogP contribution >= 0.6 is 0 Å². The number of hydrogen-bond acceptors (Lipinski definition) is 2. The van der Waals surface area contributed by atoms with E-state index in [2.05, 4.69) is 47.6 Å². The third kappa shape index (κ3) is 3.97. The summed E-state index contributed by atoms with van der Waals surface area (Å²) in [5.41, 5.74) is 1.93. The van der Waals surface area contributed by atoms with E-state index in [4.69, 9.17) is 0 Å². The van der Waals surface area contributed by atoms with Gasteiger partial charge in [-0.25, -0.2) is 8.42 Å². The minimum absolute atomic E-state index is 0.200. The molecule has 1 atom stereocenters. The lowest BCUT2D eigenvalue weighted by Crippen LogP contribution is -2.39. The summed E-state index contributed by atoms with van der Waals surface area (Å²) in [6, 6.07) is 5.88. The van der Waals surface area contributed by atoms with Crippen molar-refractivity contribution in [3.63, 3.8) is 0 Å². The third-order valence-electron chi connectivity index (χ3n) is 4.72. The Kier molecular flexibility index (Phi) is 5.27. The molecule has 0 spiro atoms. The van der Waals surface area contributed by atoms with Gasteiger partial charge in [-0.2, -0.15) is 4.31 Å². The van der Waals surface area contributed by atoms with E-state index in [1.807, 2.05) is 12.1 Å². The van der Waals surface area contributed by atoms with Gasteiger partial charge in [0.1, 0.15) is 0 Å². The summed E-state index contributed by atoms with van der Waals surface area (Å²) in [6.45, 7) is 14.0. The number of rotatable bonds is 3. The quantitative estimate of drug-likeness (QED) is 0.813. The largest absolute Gasteiger partial charge is 0.243 e. The number of piperidine rings is 1. The van der Waals surface area contributed by atoms with Gasteiger partial charge in [0.15, 0.2) is 0 Å². The first-order valence-electron chi connectivity index (χ1n) is 8.68. The second-order valence-electron chi connectivity index (χ2n) is 8.27. The van der Waals surface area contributed by atoms with Gasteiger partial charge in [0.25, 0.3) is 0 Å². The van der Waals surface area contributed by atoms with Gasteiger partial charge in [-0.05, 0) is 47.3 Å². The SMILES string of the molecule is CC1CCCN(S(=O)(=O)c2ccc(C(C)C)cc2C(C)(C)C)C1. The second-order valence-corrected chi connectivity index (χ2v) is 10.2. The molecule has 0 bridgehead atoms. The molecule has 23 heavy (non-hydrogen) atoms. The zero-order valence-corrected chi connectivity index (χ0v) is 16.2. The summed E-state index contributed by atoms with van der Waals surface area (Å²) in [6.07, 6.45) is 2.07. The van der Waals surface area contributed by atoms with Crippen LogP contribution in [0.25, 0.3) is 0 Å². The number of nitrogens with zero attached hydrogens (tertiary/aromatic N) is 1. The summed E-state index contributed by atoms with van der Waals surface area (Å²) in [7, 11) is -3.42. The molecule has 1 unspecified atom stereocenters. The van der Waals surface area contributed by atoms with Gasteiger partial charge in [0.2, 0.25) is 10.0 Å². The van der Waals surface area contributed by atoms with Crippen molar-refractivity contribution in [2.45, 2.75) is 70.6 Å². The van der Waals surface area contributed by atoms with E-state index in [1.54, 1.807) is 4.31 Å². The molecule has 0 aliphatic carbocycles. The van der Waals surface area contributed by atoms with E-state index in [1.165, 1.54) is 5.56 Å². The van der Waals surface area contributed by atoms with Crippen LogP contribution in [0.5, 0.6) is 0 Å². The van der Waals surface area contributed by atoms with Crippen LogP contribution in [-0.2, 0) is 15.4 Å². The van der Waals surface area contributed by atoms with Crippen LogP contribution in [0.3, 0.4) is 0 Å². The molecule has 0 aromatic heterocycles. The zero-order valence-electron chi connectivity index (χ0n) is 15.4. The lowest BCUT2D eigenvalue weighted by molar-refractivity contribution is 0.281.